The van der Waals surface area contributed by atoms with Crippen molar-refractivity contribution in [3.8, 4) is 5.75 Å². The molecule has 4 rings (SSSR count). The lowest BCUT2D eigenvalue weighted by Gasteiger charge is -2.26. The molecule has 3 aromatic carbocycles. The minimum absolute atomic E-state index is 0.210. The van der Waals surface area contributed by atoms with E-state index in [0.29, 0.717) is 20.7 Å². The van der Waals surface area contributed by atoms with Crippen LogP contribution in [0.15, 0.2) is 82.8 Å². The Hall–Kier alpha value is -3.95. The lowest BCUT2D eigenvalue weighted by Crippen LogP contribution is -2.54. The Bertz CT molecular complexity index is 1360. The third kappa shape index (κ3) is 5.76. The summed E-state index contributed by atoms with van der Waals surface area (Å²) in [5.74, 6) is -1.81. The standard InChI is InChI=1S/C25H17BrClN3O5/c26-16-9-10-21(35-14-22(31)28-18-6-2-1-3-7-18)15(11-16)12-20-23(32)29-25(34)30(24(20)33)19-8-4-5-17(27)13-19/h1-13H,14H2,(H,28,31)(H,29,32,34)/b20-12+. The van der Waals surface area contributed by atoms with Crippen molar-refractivity contribution in [2.45, 2.75) is 0 Å². The lowest BCUT2D eigenvalue weighted by atomic mass is 10.1. The average molecular weight is 555 g/mol. The number of nitrogens with one attached hydrogen (secondary N) is 2. The maximum absolute atomic E-state index is 13.1. The van der Waals surface area contributed by atoms with Gasteiger partial charge in [0.15, 0.2) is 6.61 Å². The summed E-state index contributed by atoms with van der Waals surface area (Å²) in [7, 11) is 0. The smallest absolute Gasteiger partial charge is 0.335 e. The number of urea groups is 1. The second-order valence-electron chi connectivity index (χ2n) is 7.32. The van der Waals surface area contributed by atoms with Gasteiger partial charge in [0.05, 0.1) is 5.69 Å². The normalized spacial score (nSPS) is 14.6. The minimum atomic E-state index is -0.886. The summed E-state index contributed by atoms with van der Waals surface area (Å²) >= 11 is 9.35. The number of carbonyl (C=O) groups excluding carboxylic acids is 4. The molecule has 0 atom stereocenters. The minimum Gasteiger partial charge on any atom is -0.483 e. The van der Waals surface area contributed by atoms with Gasteiger partial charge < -0.3 is 10.1 Å². The number of halogens is 2. The number of imide groups is 2. The number of carbonyl (C=O) groups is 4. The Labute approximate surface area is 213 Å². The van der Waals surface area contributed by atoms with Gasteiger partial charge in [-0.15, -0.1) is 0 Å². The van der Waals surface area contributed by atoms with E-state index in [-0.39, 0.29) is 29.5 Å². The first kappa shape index (κ1) is 24.2. The number of para-hydroxylation sites is 1. The molecule has 0 saturated carbocycles. The molecule has 0 aliphatic carbocycles. The molecule has 10 heteroatoms. The van der Waals surface area contributed by atoms with E-state index in [1.165, 1.54) is 18.2 Å². The molecule has 1 fully saturated rings. The number of hydrogen-bond donors (Lipinski definition) is 2. The van der Waals surface area contributed by atoms with Gasteiger partial charge in [0, 0.05) is 20.7 Å². The fourth-order valence-corrected chi connectivity index (χ4v) is 3.85. The van der Waals surface area contributed by atoms with Crippen LogP contribution in [0.4, 0.5) is 16.2 Å². The summed E-state index contributed by atoms with van der Waals surface area (Å²) in [6.45, 7) is -0.306. The number of nitrogens with zero attached hydrogens (tertiary/aromatic N) is 1. The number of barbiturate groups is 1. The summed E-state index contributed by atoms with van der Waals surface area (Å²) in [5.41, 5.74) is 0.892. The van der Waals surface area contributed by atoms with E-state index in [9.17, 15) is 19.2 Å². The summed E-state index contributed by atoms with van der Waals surface area (Å²) in [6.07, 6.45) is 1.30. The average Bonchev–Trinajstić information content (AvgIpc) is 2.82. The number of anilines is 2. The molecule has 0 aromatic heterocycles. The zero-order valence-electron chi connectivity index (χ0n) is 18.0. The van der Waals surface area contributed by atoms with Gasteiger partial charge in [0.25, 0.3) is 17.7 Å². The van der Waals surface area contributed by atoms with Crippen molar-refractivity contribution in [1.82, 2.24) is 5.32 Å². The second kappa shape index (κ2) is 10.5. The molecule has 0 spiro atoms. The van der Waals surface area contributed by atoms with Crippen LogP contribution in [0.25, 0.3) is 6.08 Å². The maximum atomic E-state index is 13.1. The molecular weight excluding hydrogens is 538 g/mol. The van der Waals surface area contributed by atoms with E-state index in [1.807, 2.05) is 6.07 Å². The summed E-state index contributed by atoms with van der Waals surface area (Å²) < 4.78 is 6.32. The SMILES string of the molecule is O=C(COc1ccc(Br)cc1/C=C1\C(=O)NC(=O)N(c2cccc(Cl)c2)C1=O)Nc1ccccc1. The van der Waals surface area contributed by atoms with Crippen LogP contribution >= 0.6 is 27.5 Å². The van der Waals surface area contributed by atoms with Gasteiger partial charge in [0.1, 0.15) is 11.3 Å². The molecule has 0 unspecified atom stereocenters. The molecular formula is C25H17BrClN3O5. The van der Waals surface area contributed by atoms with Crippen LogP contribution in [0.5, 0.6) is 5.75 Å². The Balaban J connectivity index is 1.59. The Morgan fingerprint density at radius 1 is 1.03 bits per heavy atom. The monoisotopic (exact) mass is 553 g/mol. The molecule has 1 saturated heterocycles. The van der Waals surface area contributed by atoms with Crippen LogP contribution in [-0.4, -0.2) is 30.4 Å². The largest absolute Gasteiger partial charge is 0.483 e. The first-order chi connectivity index (χ1) is 16.8. The van der Waals surface area contributed by atoms with Crippen molar-refractivity contribution >= 4 is 68.7 Å². The fraction of sp³-hybridized carbons (Fsp3) is 0.0400. The Morgan fingerprint density at radius 2 is 1.80 bits per heavy atom. The lowest BCUT2D eigenvalue weighted by molar-refractivity contribution is -0.122. The van der Waals surface area contributed by atoms with Gasteiger partial charge in [-0.25, -0.2) is 9.69 Å². The van der Waals surface area contributed by atoms with Crippen LogP contribution in [0.1, 0.15) is 5.56 Å². The van der Waals surface area contributed by atoms with E-state index in [4.69, 9.17) is 16.3 Å². The van der Waals surface area contributed by atoms with Gasteiger partial charge in [-0.3, -0.25) is 19.7 Å². The van der Waals surface area contributed by atoms with Gasteiger partial charge in [0.2, 0.25) is 0 Å². The molecule has 35 heavy (non-hydrogen) atoms. The predicted molar refractivity (Wildman–Crippen MR) is 135 cm³/mol. The predicted octanol–water partition coefficient (Wildman–Crippen LogP) is 4.79. The Morgan fingerprint density at radius 3 is 2.54 bits per heavy atom. The molecule has 0 radical (unpaired) electrons. The van der Waals surface area contributed by atoms with Crippen molar-refractivity contribution in [2.24, 2.45) is 0 Å². The van der Waals surface area contributed by atoms with Gasteiger partial charge >= 0.3 is 6.03 Å². The van der Waals surface area contributed by atoms with Crippen molar-refractivity contribution in [1.29, 1.82) is 0 Å². The number of ether oxygens (including phenoxy) is 1. The third-order valence-corrected chi connectivity index (χ3v) is 5.58. The topological polar surface area (TPSA) is 105 Å². The van der Waals surface area contributed by atoms with Crippen LogP contribution < -0.4 is 20.3 Å². The fourth-order valence-electron chi connectivity index (χ4n) is 3.29. The molecule has 0 bridgehead atoms. The van der Waals surface area contributed by atoms with Crippen molar-refractivity contribution in [2.75, 3.05) is 16.8 Å². The Kier molecular flexibility index (Phi) is 7.28. The van der Waals surface area contributed by atoms with Gasteiger partial charge in [-0.1, -0.05) is 51.8 Å². The highest BCUT2D eigenvalue weighted by atomic mass is 79.9. The van der Waals surface area contributed by atoms with E-state index in [1.54, 1.807) is 54.6 Å². The second-order valence-corrected chi connectivity index (χ2v) is 8.67. The highest BCUT2D eigenvalue weighted by molar-refractivity contribution is 9.10. The van der Waals surface area contributed by atoms with E-state index >= 15 is 0 Å². The summed E-state index contributed by atoms with van der Waals surface area (Å²) in [4.78, 5) is 51.2. The number of hydrogen-bond acceptors (Lipinski definition) is 5. The number of benzene rings is 3. The molecule has 5 amide bonds. The molecule has 2 N–H and O–H groups in total. The first-order valence-electron chi connectivity index (χ1n) is 10.3. The molecule has 176 valence electrons. The van der Waals surface area contributed by atoms with Crippen LogP contribution in [0.3, 0.4) is 0 Å². The number of rotatable bonds is 6. The van der Waals surface area contributed by atoms with Crippen LogP contribution in [0.2, 0.25) is 5.02 Å². The molecule has 3 aromatic rings. The highest BCUT2D eigenvalue weighted by Crippen LogP contribution is 2.29. The van der Waals surface area contributed by atoms with Gasteiger partial charge in [-0.2, -0.15) is 0 Å². The molecule has 1 aliphatic rings. The molecule has 1 aliphatic heterocycles. The first-order valence-corrected chi connectivity index (χ1v) is 11.4. The zero-order chi connectivity index (χ0) is 24.9. The third-order valence-electron chi connectivity index (χ3n) is 4.86. The van der Waals surface area contributed by atoms with Crippen LogP contribution in [0, 0.1) is 0 Å². The van der Waals surface area contributed by atoms with Crippen molar-refractivity contribution in [3.05, 3.63) is 93.4 Å². The van der Waals surface area contributed by atoms with E-state index < -0.39 is 17.8 Å². The molecule has 1 heterocycles. The van der Waals surface area contributed by atoms with Gasteiger partial charge in [-0.05, 0) is 54.6 Å². The van der Waals surface area contributed by atoms with Crippen molar-refractivity contribution in [3.63, 3.8) is 0 Å². The summed E-state index contributed by atoms with van der Waals surface area (Å²) in [5, 5.41) is 5.19. The highest BCUT2D eigenvalue weighted by Gasteiger charge is 2.37. The molecule has 8 nitrogen and oxygen atoms in total. The maximum Gasteiger partial charge on any atom is 0.335 e. The quantitative estimate of drug-likeness (QED) is 0.337. The van der Waals surface area contributed by atoms with Crippen LogP contribution in [-0.2, 0) is 14.4 Å². The van der Waals surface area contributed by atoms with E-state index in [2.05, 4.69) is 26.6 Å². The van der Waals surface area contributed by atoms with Crippen molar-refractivity contribution < 1.29 is 23.9 Å². The zero-order valence-corrected chi connectivity index (χ0v) is 20.3. The summed E-state index contributed by atoms with van der Waals surface area (Å²) in [6, 6.07) is 19.1. The number of amides is 5. The van der Waals surface area contributed by atoms with E-state index in [0.717, 1.165) is 4.90 Å².